The second-order valence-electron chi connectivity index (χ2n) is 3.73. The fourth-order valence-electron chi connectivity index (χ4n) is 1.63. The minimum absolute atomic E-state index is 0.0265. The highest BCUT2D eigenvalue weighted by atomic mass is 16.6. The van der Waals surface area contributed by atoms with Gasteiger partial charge in [0, 0.05) is 0 Å². The highest BCUT2D eigenvalue weighted by Crippen LogP contribution is 2.39. The molecule has 1 aromatic carbocycles. The Morgan fingerprint density at radius 2 is 1.61 bits per heavy atom. The molecular weight excluding hydrogens is 234 g/mol. The van der Waals surface area contributed by atoms with Crippen LogP contribution in [0, 0.1) is 0 Å². The minimum atomic E-state index is 0.0265. The fourth-order valence-corrected chi connectivity index (χ4v) is 1.63. The number of nitrogens with one attached hydrogen (secondary N) is 1. The Hall–Kier alpha value is -1.46. The lowest BCUT2D eigenvalue weighted by Gasteiger charge is -2.18. The van der Waals surface area contributed by atoms with Crippen LogP contribution in [0.1, 0.15) is 25.5 Å². The lowest BCUT2D eigenvalue weighted by Crippen LogP contribution is -2.19. The van der Waals surface area contributed by atoms with Gasteiger partial charge in [0.1, 0.15) is 0 Å². The smallest absolute Gasteiger partial charge is 0.203 e. The summed E-state index contributed by atoms with van der Waals surface area (Å²) < 4.78 is 15.9. The highest BCUT2D eigenvalue weighted by molar-refractivity contribution is 5.54. The minimum Gasteiger partial charge on any atom is -0.493 e. The molecule has 0 aliphatic rings. The number of ether oxygens (including phenoxy) is 3. The fraction of sp³-hybridized carbons (Fsp3) is 0.538. The van der Waals surface area contributed by atoms with Crippen molar-refractivity contribution in [1.29, 1.82) is 0 Å². The van der Waals surface area contributed by atoms with Crippen molar-refractivity contribution in [3.8, 4) is 17.2 Å². The highest BCUT2D eigenvalue weighted by Gasteiger charge is 2.16. The summed E-state index contributed by atoms with van der Waals surface area (Å²) in [7, 11) is 4.78. The molecule has 0 heterocycles. The number of methoxy groups -OCH3 is 3. The van der Waals surface area contributed by atoms with E-state index in [0.717, 1.165) is 5.56 Å². The molecule has 0 fully saturated rings. The summed E-state index contributed by atoms with van der Waals surface area (Å²) in [4.78, 5) is 5.19. The second-order valence-corrected chi connectivity index (χ2v) is 3.73. The monoisotopic (exact) mass is 255 g/mol. The third-order valence-corrected chi connectivity index (χ3v) is 2.59. The van der Waals surface area contributed by atoms with Crippen molar-refractivity contribution in [2.24, 2.45) is 0 Å². The van der Waals surface area contributed by atoms with Gasteiger partial charge in [0.15, 0.2) is 11.5 Å². The zero-order chi connectivity index (χ0) is 13.5. The van der Waals surface area contributed by atoms with E-state index in [2.05, 4.69) is 5.48 Å². The van der Waals surface area contributed by atoms with Gasteiger partial charge in [-0.1, -0.05) is 0 Å². The molecule has 1 rings (SSSR count). The van der Waals surface area contributed by atoms with E-state index in [-0.39, 0.29) is 6.04 Å². The zero-order valence-electron chi connectivity index (χ0n) is 11.6. The van der Waals surface area contributed by atoms with Crippen molar-refractivity contribution in [2.45, 2.75) is 19.9 Å². The van der Waals surface area contributed by atoms with E-state index < -0.39 is 0 Å². The molecule has 0 spiro atoms. The van der Waals surface area contributed by atoms with E-state index in [9.17, 15) is 0 Å². The molecule has 1 N–H and O–H groups in total. The Morgan fingerprint density at radius 1 is 1.06 bits per heavy atom. The van der Waals surface area contributed by atoms with E-state index in [1.165, 1.54) is 0 Å². The summed E-state index contributed by atoms with van der Waals surface area (Å²) in [6.07, 6.45) is 0. The zero-order valence-corrected chi connectivity index (χ0v) is 11.6. The summed E-state index contributed by atoms with van der Waals surface area (Å²) in [5.41, 5.74) is 3.93. The maximum Gasteiger partial charge on any atom is 0.203 e. The van der Waals surface area contributed by atoms with Gasteiger partial charge in [-0.3, -0.25) is 0 Å². The molecular formula is C13H21NO4. The molecule has 102 valence electrons. The molecule has 0 amide bonds. The Labute approximate surface area is 108 Å². The second kappa shape index (κ2) is 7.08. The quantitative estimate of drug-likeness (QED) is 0.758. The van der Waals surface area contributed by atoms with Gasteiger partial charge in [0.25, 0.3) is 0 Å². The molecule has 0 aliphatic heterocycles. The van der Waals surface area contributed by atoms with Crippen molar-refractivity contribution < 1.29 is 19.0 Å². The average molecular weight is 255 g/mol. The molecule has 1 unspecified atom stereocenters. The van der Waals surface area contributed by atoms with Crippen LogP contribution in [0.3, 0.4) is 0 Å². The van der Waals surface area contributed by atoms with Gasteiger partial charge in [-0.05, 0) is 31.5 Å². The standard InChI is InChI=1S/C13H21NO4/c1-6-18-14-9(2)10-7-11(15-3)13(17-5)12(8-10)16-4/h7-9,14H,6H2,1-5H3. The first kappa shape index (κ1) is 14.6. The number of hydrogen-bond donors (Lipinski definition) is 1. The van der Waals surface area contributed by atoms with Crippen molar-refractivity contribution >= 4 is 0 Å². The Morgan fingerprint density at radius 3 is 2.00 bits per heavy atom. The molecule has 18 heavy (non-hydrogen) atoms. The number of rotatable bonds is 7. The van der Waals surface area contributed by atoms with E-state index in [1.54, 1.807) is 21.3 Å². The van der Waals surface area contributed by atoms with Gasteiger partial charge in [0.05, 0.1) is 34.0 Å². The third-order valence-electron chi connectivity index (χ3n) is 2.59. The van der Waals surface area contributed by atoms with Crippen molar-refractivity contribution in [2.75, 3.05) is 27.9 Å². The largest absolute Gasteiger partial charge is 0.493 e. The van der Waals surface area contributed by atoms with E-state index in [0.29, 0.717) is 23.9 Å². The summed E-state index contributed by atoms with van der Waals surface area (Å²) in [6.45, 7) is 4.53. The lowest BCUT2D eigenvalue weighted by molar-refractivity contribution is 0.0284. The molecule has 0 aromatic heterocycles. The molecule has 0 saturated carbocycles. The molecule has 1 atom stereocenters. The van der Waals surface area contributed by atoms with Crippen molar-refractivity contribution in [3.05, 3.63) is 17.7 Å². The van der Waals surface area contributed by atoms with E-state index in [4.69, 9.17) is 19.0 Å². The van der Waals surface area contributed by atoms with Crippen LogP contribution in [0.4, 0.5) is 0 Å². The molecule has 5 nitrogen and oxygen atoms in total. The Balaban J connectivity index is 3.06. The predicted octanol–water partition coefficient (Wildman–Crippen LogP) is 2.31. The maximum absolute atomic E-state index is 5.30. The number of hydroxylamine groups is 1. The average Bonchev–Trinajstić information content (AvgIpc) is 2.42. The van der Waals surface area contributed by atoms with Gasteiger partial charge >= 0.3 is 0 Å². The summed E-state index contributed by atoms with van der Waals surface area (Å²) in [6, 6.07) is 3.83. The van der Waals surface area contributed by atoms with Crippen LogP contribution in [0.15, 0.2) is 12.1 Å². The first-order valence-corrected chi connectivity index (χ1v) is 5.85. The normalized spacial score (nSPS) is 12.1. The molecule has 0 aliphatic carbocycles. The van der Waals surface area contributed by atoms with Gasteiger partial charge in [-0.15, -0.1) is 0 Å². The molecule has 0 saturated heterocycles. The van der Waals surface area contributed by atoms with Crippen LogP contribution in [0.2, 0.25) is 0 Å². The first-order chi connectivity index (χ1) is 8.67. The van der Waals surface area contributed by atoms with Crippen LogP contribution in [0.25, 0.3) is 0 Å². The molecule has 0 radical (unpaired) electrons. The van der Waals surface area contributed by atoms with Gasteiger partial charge in [-0.25, -0.2) is 0 Å². The van der Waals surface area contributed by atoms with Crippen molar-refractivity contribution in [3.63, 3.8) is 0 Å². The maximum atomic E-state index is 5.30. The van der Waals surface area contributed by atoms with Crippen LogP contribution in [0.5, 0.6) is 17.2 Å². The van der Waals surface area contributed by atoms with E-state index in [1.807, 2.05) is 26.0 Å². The van der Waals surface area contributed by atoms with Crippen LogP contribution >= 0.6 is 0 Å². The van der Waals surface area contributed by atoms with E-state index >= 15 is 0 Å². The van der Waals surface area contributed by atoms with Crippen LogP contribution in [-0.4, -0.2) is 27.9 Å². The molecule has 5 heteroatoms. The number of hydrogen-bond acceptors (Lipinski definition) is 5. The Kier molecular flexibility index (Phi) is 5.74. The predicted molar refractivity (Wildman–Crippen MR) is 69.3 cm³/mol. The van der Waals surface area contributed by atoms with Crippen LogP contribution < -0.4 is 19.7 Å². The lowest BCUT2D eigenvalue weighted by atomic mass is 10.1. The van der Waals surface area contributed by atoms with Gasteiger partial charge in [-0.2, -0.15) is 5.48 Å². The number of benzene rings is 1. The van der Waals surface area contributed by atoms with Gasteiger partial charge < -0.3 is 19.0 Å². The third kappa shape index (κ3) is 3.27. The SMILES string of the molecule is CCONC(C)c1cc(OC)c(OC)c(OC)c1. The summed E-state index contributed by atoms with van der Waals surface area (Å²) in [5, 5.41) is 0. The summed E-state index contributed by atoms with van der Waals surface area (Å²) >= 11 is 0. The van der Waals surface area contributed by atoms with Crippen LogP contribution in [-0.2, 0) is 4.84 Å². The van der Waals surface area contributed by atoms with Crippen molar-refractivity contribution in [1.82, 2.24) is 5.48 Å². The summed E-state index contributed by atoms with van der Waals surface area (Å²) in [5.74, 6) is 1.86. The first-order valence-electron chi connectivity index (χ1n) is 5.85. The van der Waals surface area contributed by atoms with Gasteiger partial charge in [0.2, 0.25) is 5.75 Å². The Bertz CT molecular complexity index is 356. The molecule has 0 bridgehead atoms. The molecule has 1 aromatic rings. The topological polar surface area (TPSA) is 49.0 Å².